The number of hydrogen-bond acceptors (Lipinski definition) is 4. The van der Waals surface area contributed by atoms with Gasteiger partial charge in [0.2, 0.25) is 0 Å². The first-order valence-corrected chi connectivity index (χ1v) is 9.37. The van der Waals surface area contributed by atoms with E-state index in [0.717, 1.165) is 39.4 Å². The summed E-state index contributed by atoms with van der Waals surface area (Å²) >= 11 is 0. The summed E-state index contributed by atoms with van der Waals surface area (Å²) in [5, 5.41) is 4.73. The summed E-state index contributed by atoms with van der Waals surface area (Å²) in [7, 11) is 1.92. The molecule has 5 rings (SSSR count). The molecular formula is C23H19N5O. The van der Waals surface area contributed by atoms with Gasteiger partial charge in [0.1, 0.15) is 11.4 Å². The Morgan fingerprint density at radius 1 is 0.897 bits per heavy atom. The fraction of sp³-hybridized carbons (Fsp3) is 0.0870. The van der Waals surface area contributed by atoms with E-state index in [1.807, 2.05) is 78.6 Å². The van der Waals surface area contributed by atoms with Gasteiger partial charge in [-0.2, -0.15) is 5.10 Å². The van der Waals surface area contributed by atoms with Crippen molar-refractivity contribution in [3.8, 4) is 28.4 Å². The Balaban J connectivity index is 1.64. The highest BCUT2D eigenvalue weighted by Crippen LogP contribution is 2.32. The highest BCUT2D eigenvalue weighted by molar-refractivity contribution is 5.84. The summed E-state index contributed by atoms with van der Waals surface area (Å²) in [6.07, 6.45) is 5.58. The highest BCUT2D eigenvalue weighted by atomic mass is 16.5. The zero-order valence-electron chi connectivity index (χ0n) is 15.9. The van der Waals surface area contributed by atoms with Crippen molar-refractivity contribution in [2.24, 2.45) is 7.05 Å². The Hall–Kier alpha value is -3.93. The molecule has 0 spiro atoms. The zero-order chi connectivity index (χ0) is 19.6. The maximum atomic E-state index is 6.05. The maximum Gasteiger partial charge on any atom is 0.167 e. The van der Waals surface area contributed by atoms with Crippen molar-refractivity contribution in [3.63, 3.8) is 0 Å². The minimum absolute atomic E-state index is 0.340. The summed E-state index contributed by atoms with van der Waals surface area (Å²) in [6.45, 7) is 0.340. The van der Waals surface area contributed by atoms with Crippen LogP contribution >= 0.6 is 0 Å². The van der Waals surface area contributed by atoms with E-state index < -0.39 is 0 Å². The van der Waals surface area contributed by atoms with E-state index in [4.69, 9.17) is 14.8 Å². The van der Waals surface area contributed by atoms with Gasteiger partial charge in [-0.25, -0.2) is 4.98 Å². The Morgan fingerprint density at radius 2 is 1.66 bits per heavy atom. The van der Waals surface area contributed by atoms with Gasteiger partial charge in [-0.3, -0.25) is 14.2 Å². The molecule has 29 heavy (non-hydrogen) atoms. The van der Waals surface area contributed by atoms with Crippen molar-refractivity contribution in [2.45, 2.75) is 6.73 Å². The number of nitrogens with zero attached hydrogens (tertiary/aromatic N) is 5. The lowest BCUT2D eigenvalue weighted by Gasteiger charge is -2.11. The minimum Gasteiger partial charge on any atom is -0.473 e. The van der Waals surface area contributed by atoms with Crippen molar-refractivity contribution in [3.05, 3.63) is 85.3 Å². The molecule has 0 saturated carbocycles. The summed E-state index contributed by atoms with van der Waals surface area (Å²) in [4.78, 5) is 9.01. The quantitative estimate of drug-likeness (QED) is 0.449. The fourth-order valence-corrected chi connectivity index (χ4v) is 3.44. The van der Waals surface area contributed by atoms with E-state index in [-0.39, 0.29) is 0 Å². The topological polar surface area (TPSA) is 57.8 Å². The molecule has 0 fully saturated rings. The molecule has 0 aliphatic rings. The lowest BCUT2D eigenvalue weighted by atomic mass is 10.1. The average molecular weight is 381 g/mol. The molecule has 6 nitrogen and oxygen atoms in total. The number of ether oxygens (including phenoxy) is 1. The van der Waals surface area contributed by atoms with Crippen LogP contribution in [0, 0.1) is 0 Å². The van der Waals surface area contributed by atoms with E-state index >= 15 is 0 Å². The monoisotopic (exact) mass is 381 g/mol. The molecule has 0 aliphatic carbocycles. The van der Waals surface area contributed by atoms with Crippen LogP contribution in [-0.4, -0.2) is 24.3 Å². The van der Waals surface area contributed by atoms with E-state index in [9.17, 15) is 0 Å². The summed E-state index contributed by atoms with van der Waals surface area (Å²) in [6, 6.07) is 21.8. The van der Waals surface area contributed by atoms with E-state index in [2.05, 4.69) is 15.6 Å². The minimum atomic E-state index is 0.340. The molecule has 0 N–H and O–H groups in total. The van der Waals surface area contributed by atoms with Gasteiger partial charge in [0.05, 0.1) is 11.0 Å². The third-order valence-corrected chi connectivity index (χ3v) is 4.79. The second-order valence-electron chi connectivity index (χ2n) is 6.74. The molecule has 0 unspecified atom stereocenters. The molecule has 0 atom stereocenters. The van der Waals surface area contributed by atoms with Crippen molar-refractivity contribution < 1.29 is 4.74 Å². The molecule has 0 saturated heterocycles. The van der Waals surface area contributed by atoms with Crippen LogP contribution in [0.15, 0.2) is 85.3 Å². The average Bonchev–Trinajstić information content (AvgIpc) is 3.34. The van der Waals surface area contributed by atoms with Gasteiger partial charge in [0.15, 0.2) is 12.6 Å². The number of imidazole rings is 1. The second-order valence-corrected chi connectivity index (χ2v) is 6.74. The molecule has 0 bridgehead atoms. The first-order valence-electron chi connectivity index (χ1n) is 9.37. The second kappa shape index (κ2) is 7.24. The first-order chi connectivity index (χ1) is 14.3. The number of benzene rings is 2. The number of rotatable bonds is 5. The molecule has 5 aromatic rings. The van der Waals surface area contributed by atoms with Crippen LogP contribution in [0.5, 0.6) is 5.75 Å². The number of aromatic nitrogens is 5. The van der Waals surface area contributed by atoms with Gasteiger partial charge < -0.3 is 4.74 Å². The number of para-hydroxylation sites is 3. The van der Waals surface area contributed by atoms with Crippen molar-refractivity contribution in [2.75, 3.05) is 0 Å². The molecule has 3 aromatic heterocycles. The van der Waals surface area contributed by atoms with Crippen molar-refractivity contribution in [1.29, 1.82) is 0 Å². The molecule has 3 heterocycles. The standard InChI is InChI=1S/C23H19N5O/c1-27-15-19(17-11-13-24-14-12-17)22(26-27)23-25-20-9-5-6-10-21(20)28(23)16-29-18-7-3-2-4-8-18/h2-15H,16H2,1H3. The summed E-state index contributed by atoms with van der Waals surface area (Å²) < 4.78 is 9.93. The molecule has 6 heteroatoms. The predicted octanol–water partition coefficient (Wildman–Crippen LogP) is 4.54. The van der Waals surface area contributed by atoms with Crippen LogP contribution in [0.3, 0.4) is 0 Å². The zero-order valence-corrected chi connectivity index (χ0v) is 15.9. The van der Waals surface area contributed by atoms with E-state index in [1.54, 1.807) is 12.4 Å². The Morgan fingerprint density at radius 3 is 2.48 bits per heavy atom. The lowest BCUT2D eigenvalue weighted by Crippen LogP contribution is -2.07. The number of aryl methyl sites for hydroxylation is 1. The number of pyridine rings is 1. The van der Waals surface area contributed by atoms with Gasteiger partial charge in [0.25, 0.3) is 0 Å². The third kappa shape index (κ3) is 3.25. The summed E-state index contributed by atoms with van der Waals surface area (Å²) in [5.74, 6) is 1.58. The molecule has 142 valence electrons. The van der Waals surface area contributed by atoms with Crippen molar-refractivity contribution in [1.82, 2.24) is 24.3 Å². The largest absolute Gasteiger partial charge is 0.473 e. The highest BCUT2D eigenvalue weighted by Gasteiger charge is 2.20. The van der Waals surface area contributed by atoms with E-state index in [0.29, 0.717) is 6.73 Å². The van der Waals surface area contributed by atoms with Crippen LogP contribution in [0.1, 0.15) is 0 Å². The maximum absolute atomic E-state index is 6.05. The molecule has 2 aromatic carbocycles. The van der Waals surface area contributed by atoms with Crippen LogP contribution in [0.2, 0.25) is 0 Å². The molecule has 0 aliphatic heterocycles. The van der Waals surface area contributed by atoms with E-state index in [1.165, 1.54) is 0 Å². The Kier molecular flexibility index (Phi) is 4.29. The van der Waals surface area contributed by atoms with Gasteiger partial charge >= 0.3 is 0 Å². The lowest BCUT2D eigenvalue weighted by molar-refractivity contribution is 0.242. The SMILES string of the molecule is Cn1cc(-c2ccncc2)c(-c2nc3ccccc3n2COc2ccccc2)n1. The molecule has 0 amide bonds. The third-order valence-electron chi connectivity index (χ3n) is 4.79. The van der Waals surface area contributed by atoms with Crippen LogP contribution in [0.25, 0.3) is 33.7 Å². The Bertz CT molecular complexity index is 1260. The van der Waals surface area contributed by atoms with Gasteiger partial charge in [-0.15, -0.1) is 0 Å². The van der Waals surface area contributed by atoms with Gasteiger partial charge in [-0.1, -0.05) is 30.3 Å². The number of hydrogen-bond donors (Lipinski definition) is 0. The fourth-order valence-electron chi connectivity index (χ4n) is 3.44. The normalized spacial score (nSPS) is 11.1. The van der Waals surface area contributed by atoms with Crippen LogP contribution < -0.4 is 4.74 Å². The molecular weight excluding hydrogens is 362 g/mol. The molecule has 0 radical (unpaired) electrons. The Labute approximate surface area is 168 Å². The first kappa shape index (κ1) is 17.2. The van der Waals surface area contributed by atoms with Gasteiger partial charge in [0, 0.05) is 31.2 Å². The smallest absolute Gasteiger partial charge is 0.167 e. The van der Waals surface area contributed by atoms with Crippen molar-refractivity contribution >= 4 is 11.0 Å². The van der Waals surface area contributed by atoms with Gasteiger partial charge in [-0.05, 0) is 42.0 Å². The predicted molar refractivity (Wildman–Crippen MR) is 112 cm³/mol. The van der Waals surface area contributed by atoms with Crippen LogP contribution in [-0.2, 0) is 13.8 Å². The van der Waals surface area contributed by atoms with Crippen LogP contribution in [0.4, 0.5) is 0 Å². The summed E-state index contributed by atoms with van der Waals surface area (Å²) in [5.41, 5.74) is 4.78. The number of fused-ring (bicyclic) bond motifs is 1.